The summed E-state index contributed by atoms with van der Waals surface area (Å²) in [7, 11) is 0. The summed E-state index contributed by atoms with van der Waals surface area (Å²) in [5.41, 5.74) is 1.03. The molecule has 1 amide bonds. The highest BCUT2D eigenvalue weighted by atomic mass is 16.5. The van der Waals surface area contributed by atoms with Gasteiger partial charge < -0.3 is 14.4 Å². The fourth-order valence-electron chi connectivity index (χ4n) is 4.24. The second kappa shape index (κ2) is 8.95. The van der Waals surface area contributed by atoms with Crippen LogP contribution in [-0.4, -0.2) is 28.6 Å². The number of rotatable bonds is 6. The van der Waals surface area contributed by atoms with E-state index in [0.29, 0.717) is 29.2 Å². The van der Waals surface area contributed by atoms with Crippen LogP contribution in [0.25, 0.3) is 16.5 Å². The Balaban J connectivity index is 1.66. The predicted molar refractivity (Wildman–Crippen MR) is 132 cm³/mol. The number of fused-ring (bicyclic) bond motifs is 1. The lowest BCUT2D eigenvalue weighted by atomic mass is 9.94. The van der Waals surface area contributed by atoms with Crippen LogP contribution in [0.5, 0.6) is 5.75 Å². The zero-order valence-electron chi connectivity index (χ0n) is 19.0. The monoisotopic (exact) mass is 466 g/mol. The largest absolute Gasteiger partial charge is 0.507 e. The Morgan fingerprint density at radius 3 is 2.51 bits per heavy atom. The molecule has 1 fully saturated rings. The number of nitrogens with zero attached hydrogens (tertiary/aromatic N) is 2. The van der Waals surface area contributed by atoms with E-state index in [2.05, 4.69) is 11.7 Å². The molecule has 1 saturated heterocycles. The molecular weight excluding hydrogens is 444 g/mol. The molecule has 3 aromatic carbocycles. The maximum absolute atomic E-state index is 13.3. The van der Waals surface area contributed by atoms with Crippen LogP contribution < -0.4 is 9.64 Å². The van der Waals surface area contributed by atoms with Gasteiger partial charge in [-0.2, -0.15) is 0 Å². The van der Waals surface area contributed by atoms with E-state index in [4.69, 9.17) is 9.26 Å². The lowest BCUT2D eigenvalue weighted by molar-refractivity contribution is -0.132. The van der Waals surface area contributed by atoms with Crippen molar-refractivity contribution in [2.75, 3.05) is 11.5 Å². The third-order valence-corrected chi connectivity index (χ3v) is 5.89. The minimum atomic E-state index is -0.903. The van der Waals surface area contributed by atoms with Gasteiger partial charge in [-0.05, 0) is 41.5 Å². The maximum atomic E-state index is 13.3. The van der Waals surface area contributed by atoms with Gasteiger partial charge >= 0.3 is 5.91 Å². The minimum Gasteiger partial charge on any atom is -0.507 e. The second-order valence-corrected chi connectivity index (χ2v) is 8.20. The highest BCUT2D eigenvalue weighted by Gasteiger charge is 2.48. The van der Waals surface area contributed by atoms with E-state index in [1.165, 1.54) is 4.90 Å². The van der Waals surface area contributed by atoms with Crippen LogP contribution in [0.1, 0.15) is 22.9 Å². The van der Waals surface area contributed by atoms with Crippen LogP contribution in [0.2, 0.25) is 0 Å². The van der Waals surface area contributed by atoms with Crippen LogP contribution in [0, 0.1) is 6.92 Å². The number of aromatic nitrogens is 1. The van der Waals surface area contributed by atoms with Gasteiger partial charge in [-0.1, -0.05) is 66.3 Å². The van der Waals surface area contributed by atoms with Crippen molar-refractivity contribution in [3.63, 3.8) is 0 Å². The number of aliphatic hydroxyl groups excluding tert-OH is 1. The molecule has 0 radical (unpaired) electrons. The Morgan fingerprint density at radius 2 is 1.83 bits per heavy atom. The third-order valence-electron chi connectivity index (χ3n) is 5.89. The number of carbonyl (C=O) groups is 2. The number of Topliss-reactive ketones (excluding diaryl/α,β-unsaturated/α-hetero) is 1. The Hall–Kier alpha value is -4.65. The van der Waals surface area contributed by atoms with Crippen molar-refractivity contribution in [1.29, 1.82) is 0 Å². The van der Waals surface area contributed by atoms with Gasteiger partial charge in [0, 0.05) is 11.6 Å². The fraction of sp³-hybridized carbons (Fsp3) is 0.107. The number of hydrogen-bond donors (Lipinski definition) is 1. The van der Waals surface area contributed by atoms with Crippen molar-refractivity contribution in [3.8, 4) is 5.75 Å². The van der Waals surface area contributed by atoms with Crippen molar-refractivity contribution in [3.05, 3.63) is 108 Å². The van der Waals surface area contributed by atoms with Crippen molar-refractivity contribution in [2.45, 2.75) is 13.0 Å². The maximum Gasteiger partial charge on any atom is 0.301 e. The van der Waals surface area contributed by atoms with Crippen LogP contribution in [0.3, 0.4) is 0 Å². The molecule has 0 spiro atoms. The predicted octanol–water partition coefficient (Wildman–Crippen LogP) is 5.33. The van der Waals surface area contributed by atoms with Gasteiger partial charge in [0.1, 0.15) is 23.9 Å². The number of anilines is 1. The Morgan fingerprint density at radius 1 is 1.09 bits per heavy atom. The first-order chi connectivity index (χ1) is 17.0. The molecule has 174 valence electrons. The first kappa shape index (κ1) is 22.2. The lowest BCUT2D eigenvalue weighted by Gasteiger charge is -2.23. The van der Waals surface area contributed by atoms with Crippen LogP contribution in [0.4, 0.5) is 5.82 Å². The molecule has 7 nitrogen and oxygen atoms in total. The number of ketones is 1. The zero-order valence-corrected chi connectivity index (χ0v) is 19.0. The van der Waals surface area contributed by atoms with Crippen molar-refractivity contribution < 1.29 is 24.0 Å². The van der Waals surface area contributed by atoms with Crippen LogP contribution >= 0.6 is 0 Å². The smallest absolute Gasteiger partial charge is 0.301 e. The molecule has 0 aliphatic carbocycles. The molecule has 1 atom stereocenters. The van der Waals surface area contributed by atoms with E-state index in [1.54, 1.807) is 55.5 Å². The molecule has 1 N–H and O–H groups in total. The molecule has 2 heterocycles. The summed E-state index contributed by atoms with van der Waals surface area (Å²) in [5.74, 6) is -0.556. The van der Waals surface area contributed by atoms with Gasteiger partial charge in [-0.15, -0.1) is 0 Å². The molecule has 1 aromatic heterocycles. The van der Waals surface area contributed by atoms with E-state index in [9.17, 15) is 14.7 Å². The van der Waals surface area contributed by atoms with Gasteiger partial charge in [0.2, 0.25) is 0 Å². The standard InChI is InChI=1S/C28H22N2O5/c1-3-14-34-22-12-10-19(11-13-22)25-24(27(32)28(33)30(25)23-15-17(2)35-29-23)26(31)21-9-8-18-6-4-5-7-20(18)16-21/h3-13,15-16,25,31H,1,14H2,2H3. The molecule has 1 aliphatic heterocycles. The first-order valence-electron chi connectivity index (χ1n) is 11.0. The zero-order chi connectivity index (χ0) is 24.5. The van der Waals surface area contributed by atoms with Gasteiger partial charge in [0.05, 0.1) is 11.6 Å². The van der Waals surface area contributed by atoms with E-state index in [0.717, 1.165) is 10.8 Å². The quantitative estimate of drug-likeness (QED) is 0.179. The van der Waals surface area contributed by atoms with Crippen molar-refractivity contribution in [1.82, 2.24) is 5.16 Å². The van der Waals surface area contributed by atoms with Crippen molar-refractivity contribution >= 4 is 34.0 Å². The first-order valence-corrected chi connectivity index (χ1v) is 11.0. The molecule has 5 rings (SSSR count). The fourth-order valence-corrected chi connectivity index (χ4v) is 4.24. The average Bonchev–Trinajstić information content (AvgIpc) is 3.42. The highest BCUT2D eigenvalue weighted by molar-refractivity contribution is 6.51. The number of carbonyl (C=O) groups excluding carboxylic acids is 2. The van der Waals surface area contributed by atoms with Gasteiger partial charge in [0.15, 0.2) is 5.82 Å². The normalized spacial score (nSPS) is 17.2. The van der Waals surface area contributed by atoms with Gasteiger partial charge in [0.25, 0.3) is 5.78 Å². The summed E-state index contributed by atoms with van der Waals surface area (Å²) in [5, 5.41) is 17.2. The second-order valence-electron chi connectivity index (χ2n) is 8.20. The molecule has 0 bridgehead atoms. The molecule has 35 heavy (non-hydrogen) atoms. The minimum absolute atomic E-state index is 0.0225. The third kappa shape index (κ3) is 3.97. The molecule has 4 aromatic rings. The number of aliphatic hydroxyl groups is 1. The van der Waals surface area contributed by atoms with Crippen LogP contribution in [-0.2, 0) is 9.59 Å². The SMILES string of the molecule is C=CCOc1ccc(C2C(=C(O)c3ccc4ccccc4c3)C(=O)C(=O)N2c2cc(C)on2)cc1. The van der Waals surface area contributed by atoms with Crippen LogP contribution in [0.15, 0.2) is 95.5 Å². The number of amides is 1. The highest BCUT2D eigenvalue weighted by Crippen LogP contribution is 2.42. The molecule has 0 saturated carbocycles. The summed E-state index contributed by atoms with van der Waals surface area (Å²) >= 11 is 0. The molecular formula is C28H22N2O5. The topological polar surface area (TPSA) is 92.9 Å². The van der Waals surface area contributed by atoms with E-state index in [-0.39, 0.29) is 17.2 Å². The van der Waals surface area contributed by atoms with E-state index < -0.39 is 17.7 Å². The molecule has 7 heteroatoms. The molecule has 1 aliphatic rings. The average molecular weight is 466 g/mol. The molecule has 1 unspecified atom stereocenters. The number of aryl methyl sites for hydroxylation is 1. The summed E-state index contributed by atoms with van der Waals surface area (Å²) in [6.07, 6.45) is 1.64. The number of ether oxygens (including phenoxy) is 1. The van der Waals surface area contributed by atoms with Gasteiger partial charge in [-0.3, -0.25) is 14.5 Å². The van der Waals surface area contributed by atoms with Crippen molar-refractivity contribution in [2.24, 2.45) is 0 Å². The van der Waals surface area contributed by atoms with E-state index >= 15 is 0 Å². The summed E-state index contributed by atoms with van der Waals surface area (Å²) in [6.45, 7) is 5.68. The summed E-state index contributed by atoms with van der Waals surface area (Å²) in [4.78, 5) is 27.7. The Kier molecular flexibility index (Phi) is 5.66. The summed E-state index contributed by atoms with van der Waals surface area (Å²) in [6, 6.07) is 20.7. The van der Waals surface area contributed by atoms with Gasteiger partial charge in [-0.25, -0.2) is 0 Å². The number of benzene rings is 3. The Labute approximate surface area is 201 Å². The van der Waals surface area contributed by atoms with E-state index in [1.807, 2.05) is 30.3 Å². The number of hydrogen-bond acceptors (Lipinski definition) is 6. The Bertz CT molecular complexity index is 1480. The summed E-state index contributed by atoms with van der Waals surface area (Å²) < 4.78 is 10.7. The lowest BCUT2D eigenvalue weighted by Crippen LogP contribution is -2.29.